The molecule has 0 radical (unpaired) electrons. The summed E-state index contributed by atoms with van der Waals surface area (Å²) < 4.78 is 11.6. The first-order valence-corrected chi connectivity index (χ1v) is 12.6. The number of fused-ring (bicyclic) bond motifs is 1. The first-order chi connectivity index (χ1) is 15.9. The number of hydrogen-bond donors (Lipinski definition) is 0. The SMILES string of the molecule is CC1(C)CC(=O)c2sc(N3CCOCC3)c(-c3ccc(OCc4ccccc4)c(Cl)c3)c2C1. The van der Waals surface area contributed by atoms with Crippen LogP contribution in [0.2, 0.25) is 5.02 Å². The Morgan fingerprint density at radius 1 is 1.09 bits per heavy atom. The fourth-order valence-corrected chi connectivity index (χ4v) is 6.26. The molecule has 0 amide bonds. The molecular weight excluding hydrogens is 454 g/mol. The maximum absolute atomic E-state index is 13.0. The molecule has 0 spiro atoms. The van der Waals surface area contributed by atoms with Crippen molar-refractivity contribution in [3.63, 3.8) is 0 Å². The Labute approximate surface area is 204 Å². The minimum atomic E-state index is -0.0509. The molecule has 1 aliphatic carbocycles. The molecule has 6 heteroatoms. The van der Waals surface area contributed by atoms with E-state index in [0.29, 0.717) is 37.0 Å². The fraction of sp³-hybridized carbons (Fsp3) is 0.370. The summed E-state index contributed by atoms with van der Waals surface area (Å²) in [6, 6.07) is 16.1. The van der Waals surface area contributed by atoms with Crippen LogP contribution in [-0.2, 0) is 17.8 Å². The highest BCUT2D eigenvalue weighted by molar-refractivity contribution is 7.19. The molecule has 0 atom stereocenters. The molecule has 3 aromatic rings. The Balaban J connectivity index is 1.52. The maximum Gasteiger partial charge on any atom is 0.173 e. The van der Waals surface area contributed by atoms with Gasteiger partial charge >= 0.3 is 0 Å². The number of ketones is 1. The van der Waals surface area contributed by atoms with Gasteiger partial charge < -0.3 is 14.4 Å². The van der Waals surface area contributed by atoms with Crippen LogP contribution in [0.1, 0.15) is 41.1 Å². The van der Waals surface area contributed by atoms with Gasteiger partial charge in [0.25, 0.3) is 0 Å². The molecule has 2 heterocycles. The highest BCUT2D eigenvalue weighted by Crippen LogP contribution is 2.50. The van der Waals surface area contributed by atoms with E-state index < -0.39 is 0 Å². The monoisotopic (exact) mass is 481 g/mol. The lowest BCUT2D eigenvalue weighted by molar-refractivity contribution is 0.0918. The van der Waals surface area contributed by atoms with Crippen LogP contribution in [0.25, 0.3) is 11.1 Å². The van der Waals surface area contributed by atoms with Crippen molar-refractivity contribution in [2.45, 2.75) is 33.3 Å². The Morgan fingerprint density at radius 3 is 2.58 bits per heavy atom. The highest BCUT2D eigenvalue weighted by Gasteiger charge is 2.37. The minimum Gasteiger partial charge on any atom is -0.487 e. The van der Waals surface area contributed by atoms with Crippen LogP contribution in [0.5, 0.6) is 5.75 Å². The lowest BCUT2D eigenvalue weighted by Gasteiger charge is -2.30. The molecule has 5 rings (SSSR count). The minimum absolute atomic E-state index is 0.0509. The number of benzene rings is 2. The van der Waals surface area contributed by atoms with Crippen LogP contribution in [0, 0.1) is 5.41 Å². The van der Waals surface area contributed by atoms with Gasteiger partial charge in [0.05, 0.1) is 28.1 Å². The zero-order valence-corrected chi connectivity index (χ0v) is 20.6. The molecule has 1 saturated heterocycles. The van der Waals surface area contributed by atoms with Gasteiger partial charge in [0, 0.05) is 25.1 Å². The molecule has 0 unspecified atom stereocenters. The molecule has 2 aromatic carbocycles. The standard InChI is InChI=1S/C27H28ClNO3S/c1-27(2)15-20-24(26(29-10-12-31-13-11-29)33-25(20)22(30)16-27)19-8-9-23(21(28)14-19)32-17-18-6-4-3-5-7-18/h3-9,14H,10-13,15-17H2,1-2H3. The van der Waals surface area contributed by atoms with Crippen molar-refractivity contribution in [2.75, 3.05) is 31.2 Å². The molecule has 1 aromatic heterocycles. The van der Waals surface area contributed by atoms with E-state index in [-0.39, 0.29) is 11.2 Å². The molecule has 172 valence electrons. The summed E-state index contributed by atoms with van der Waals surface area (Å²) in [7, 11) is 0. The molecule has 1 fully saturated rings. The van der Waals surface area contributed by atoms with Gasteiger partial charge in [-0.1, -0.05) is 61.8 Å². The number of thiophene rings is 1. The summed E-state index contributed by atoms with van der Waals surface area (Å²) >= 11 is 8.33. The van der Waals surface area contributed by atoms with Crippen LogP contribution < -0.4 is 9.64 Å². The molecule has 2 aliphatic rings. The molecule has 4 nitrogen and oxygen atoms in total. The zero-order chi connectivity index (χ0) is 23.0. The van der Waals surface area contributed by atoms with Crippen molar-refractivity contribution >= 4 is 33.7 Å². The number of morpholine rings is 1. The van der Waals surface area contributed by atoms with E-state index in [2.05, 4.69) is 24.8 Å². The predicted molar refractivity (Wildman–Crippen MR) is 135 cm³/mol. The van der Waals surface area contributed by atoms with Crippen molar-refractivity contribution in [1.29, 1.82) is 0 Å². The number of Topliss-reactive ketones (excluding diaryl/α,β-unsaturated/α-hetero) is 1. The number of rotatable bonds is 5. The number of carbonyl (C=O) groups is 1. The second-order valence-electron chi connectivity index (χ2n) is 9.55. The van der Waals surface area contributed by atoms with Gasteiger partial charge in [0.1, 0.15) is 12.4 Å². The Hall–Kier alpha value is -2.34. The van der Waals surface area contributed by atoms with E-state index in [1.54, 1.807) is 11.3 Å². The van der Waals surface area contributed by atoms with E-state index in [9.17, 15) is 4.79 Å². The van der Waals surface area contributed by atoms with Gasteiger partial charge in [-0.3, -0.25) is 4.79 Å². The first-order valence-electron chi connectivity index (χ1n) is 11.4. The zero-order valence-electron chi connectivity index (χ0n) is 19.0. The number of halogens is 1. The second-order valence-corrected chi connectivity index (χ2v) is 11.0. The Morgan fingerprint density at radius 2 is 1.85 bits per heavy atom. The number of nitrogens with zero attached hydrogens (tertiary/aromatic N) is 1. The normalized spacial score (nSPS) is 17.7. The van der Waals surface area contributed by atoms with Gasteiger partial charge in [-0.05, 0) is 40.7 Å². The molecular formula is C27H28ClNO3S. The number of anilines is 1. The van der Waals surface area contributed by atoms with Gasteiger partial charge in [0.15, 0.2) is 5.78 Å². The number of hydrogen-bond acceptors (Lipinski definition) is 5. The molecule has 0 N–H and O–H groups in total. The Kier molecular flexibility index (Phi) is 6.21. The van der Waals surface area contributed by atoms with Crippen molar-refractivity contribution in [3.05, 3.63) is 69.6 Å². The van der Waals surface area contributed by atoms with Crippen molar-refractivity contribution in [3.8, 4) is 16.9 Å². The lowest BCUT2D eigenvalue weighted by Crippen LogP contribution is -2.36. The maximum atomic E-state index is 13.0. The third kappa shape index (κ3) is 4.68. The number of carbonyl (C=O) groups excluding carboxylic acids is 1. The summed E-state index contributed by atoms with van der Waals surface area (Å²) in [6.45, 7) is 7.89. The predicted octanol–water partition coefficient (Wildman–Crippen LogP) is 6.64. The van der Waals surface area contributed by atoms with Crippen LogP contribution in [0.4, 0.5) is 5.00 Å². The molecule has 1 aliphatic heterocycles. The van der Waals surface area contributed by atoms with E-state index in [0.717, 1.165) is 51.6 Å². The smallest absolute Gasteiger partial charge is 0.173 e. The fourth-order valence-electron chi connectivity index (χ4n) is 4.70. The third-order valence-corrected chi connectivity index (χ3v) is 7.92. The second kappa shape index (κ2) is 9.13. The van der Waals surface area contributed by atoms with E-state index in [1.807, 2.05) is 42.5 Å². The topological polar surface area (TPSA) is 38.8 Å². The van der Waals surface area contributed by atoms with Gasteiger partial charge in [-0.2, -0.15) is 0 Å². The summed E-state index contributed by atoms with van der Waals surface area (Å²) in [5.41, 5.74) is 4.40. The summed E-state index contributed by atoms with van der Waals surface area (Å²) in [5.74, 6) is 0.915. The van der Waals surface area contributed by atoms with Crippen molar-refractivity contribution in [2.24, 2.45) is 5.41 Å². The van der Waals surface area contributed by atoms with E-state index >= 15 is 0 Å². The number of ether oxygens (including phenoxy) is 2. The van der Waals surface area contributed by atoms with E-state index in [1.165, 1.54) is 0 Å². The quantitative estimate of drug-likeness (QED) is 0.409. The molecule has 0 saturated carbocycles. The molecule has 0 bridgehead atoms. The summed E-state index contributed by atoms with van der Waals surface area (Å²) in [5, 5.41) is 1.74. The van der Waals surface area contributed by atoms with Crippen LogP contribution in [-0.4, -0.2) is 32.1 Å². The van der Waals surface area contributed by atoms with Crippen molar-refractivity contribution in [1.82, 2.24) is 0 Å². The summed E-state index contributed by atoms with van der Waals surface area (Å²) in [6.07, 6.45) is 1.48. The van der Waals surface area contributed by atoms with Gasteiger partial charge in [-0.15, -0.1) is 11.3 Å². The average Bonchev–Trinajstić information content (AvgIpc) is 3.18. The Bertz CT molecular complexity index is 1170. The van der Waals surface area contributed by atoms with Crippen LogP contribution in [0.3, 0.4) is 0 Å². The lowest BCUT2D eigenvalue weighted by atomic mass is 9.75. The largest absolute Gasteiger partial charge is 0.487 e. The van der Waals surface area contributed by atoms with E-state index in [4.69, 9.17) is 21.1 Å². The van der Waals surface area contributed by atoms with Gasteiger partial charge in [0.2, 0.25) is 0 Å². The van der Waals surface area contributed by atoms with Gasteiger partial charge in [-0.25, -0.2) is 0 Å². The third-order valence-electron chi connectivity index (χ3n) is 6.29. The van der Waals surface area contributed by atoms with Crippen LogP contribution in [0.15, 0.2) is 48.5 Å². The average molecular weight is 482 g/mol. The van der Waals surface area contributed by atoms with Crippen LogP contribution >= 0.6 is 22.9 Å². The highest BCUT2D eigenvalue weighted by atomic mass is 35.5. The van der Waals surface area contributed by atoms with Crippen molar-refractivity contribution < 1.29 is 14.3 Å². The molecule has 33 heavy (non-hydrogen) atoms. The summed E-state index contributed by atoms with van der Waals surface area (Å²) in [4.78, 5) is 16.3. The first kappa shape index (κ1) is 22.5.